The summed E-state index contributed by atoms with van der Waals surface area (Å²) in [6.07, 6.45) is 0. The number of halogens is 1. The molecule has 0 aromatic heterocycles. The quantitative estimate of drug-likeness (QED) is 0.572. The van der Waals surface area contributed by atoms with E-state index in [4.69, 9.17) is 14.2 Å². The van der Waals surface area contributed by atoms with E-state index in [0.29, 0.717) is 26.4 Å². The number of anilines is 1. The van der Waals surface area contributed by atoms with E-state index in [-0.39, 0.29) is 0 Å². The first kappa shape index (κ1) is 17.7. The van der Waals surface area contributed by atoms with Crippen LogP contribution in [0.4, 0.5) is 5.69 Å². The average molecular weight is 426 g/mol. The van der Waals surface area contributed by atoms with Crippen LogP contribution in [0.15, 0.2) is 71.2 Å². The lowest BCUT2D eigenvalue weighted by Crippen LogP contribution is -2.15. The first-order chi connectivity index (χ1) is 13.3. The molecule has 27 heavy (non-hydrogen) atoms. The van der Waals surface area contributed by atoms with E-state index in [2.05, 4.69) is 39.4 Å². The molecule has 3 aromatic carbocycles. The molecule has 4 rings (SSSR count). The van der Waals surface area contributed by atoms with E-state index in [9.17, 15) is 0 Å². The summed E-state index contributed by atoms with van der Waals surface area (Å²) in [6.45, 7) is 2.36. The molecule has 0 atom stereocenters. The van der Waals surface area contributed by atoms with Crippen LogP contribution in [0, 0.1) is 0 Å². The van der Waals surface area contributed by atoms with Gasteiger partial charge in [-0.25, -0.2) is 0 Å². The Morgan fingerprint density at radius 1 is 0.889 bits per heavy atom. The lowest BCUT2D eigenvalue weighted by molar-refractivity contribution is 0.171. The Hall–Kier alpha value is -2.66. The smallest absolute Gasteiger partial charge is 0.163 e. The second-order valence-electron chi connectivity index (χ2n) is 6.24. The average Bonchev–Trinajstić information content (AvgIpc) is 2.72. The Morgan fingerprint density at radius 2 is 1.70 bits per heavy atom. The number of rotatable bonds is 6. The fraction of sp³-hybridized carbons (Fsp3) is 0.182. The van der Waals surface area contributed by atoms with E-state index in [1.807, 2.05) is 48.5 Å². The molecule has 0 amide bonds. The van der Waals surface area contributed by atoms with Crippen molar-refractivity contribution in [3.8, 4) is 17.2 Å². The lowest BCUT2D eigenvalue weighted by Gasteiger charge is -2.19. The van der Waals surface area contributed by atoms with Gasteiger partial charge >= 0.3 is 0 Å². The Balaban J connectivity index is 1.45. The number of ether oxygens (including phenoxy) is 3. The topological polar surface area (TPSA) is 39.7 Å². The normalized spacial score (nSPS) is 12.5. The first-order valence-corrected chi connectivity index (χ1v) is 9.66. The van der Waals surface area contributed by atoms with E-state index < -0.39 is 0 Å². The first-order valence-electron chi connectivity index (χ1n) is 8.86. The minimum Gasteiger partial charge on any atom is -0.489 e. The summed E-state index contributed by atoms with van der Waals surface area (Å²) in [6, 6.07) is 22.1. The molecule has 0 saturated carbocycles. The van der Waals surface area contributed by atoms with Crippen LogP contribution in [0.25, 0.3) is 0 Å². The van der Waals surface area contributed by atoms with Gasteiger partial charge in [0, 0.05) is 28.3 Å². The van der Waals surface area contributed by atoms with Crippen molar-refractivity contribution in [3.05, 3.63) is 82.3 Å². The van der Waals surface area contributed by atoms with Gasteiger partial charge < -0.3 is 19.5 Å². The fourth-order valence-corrected chi connectivity index (χ4v) is 3.32. The van der Waals surface area contributed by atoms with Gasteiger partial charge in [-0.3, -0.25) is 0 Å². The second-order valence-corrected chi connectivity index (χ2v) is 7.15. The van der Waals surface area contributed by atoms with Crippen LogP contribution in [0.5, 0.6) is 17.2 Å². The highest BCUT2D eigenvalue weighted by Crippen LogP contribution is 2.33. The van der Waals surface area contributed by atoms with Gasteiger partial charge in [-0.2, -0.15) is 0 Å². The summed E-state index contributed by atoms with van der Waals surface area (Å²) >= 11 is 3.55. The molecule has 0 radical (unpaired) electrons. The highest BCUT2D eigenvalue weighted by atomic mass is 79.9. The minimum absolute atomic E-state index is 0.541. The van der Waals surface area contributed by atoms with Crippen molar-refractivity contribution in [2.75, 3.05) is 18.5 Å². The van der Waals surface area contributed by atoms with Crippen molar-refractivity contribution in [3.63, 3.8) is 0 Å². The molecule has 5 heteroatoms. The van der Waals surface area contributed by atoms with Crippen molar-refractivity contribution >= 4 is 21.6 Å². The van der Waals surface area contributed by atoms with Gasteiger partial charge in [-0.15, -0.1) is 0 Å². The molecule has 138 valence electrons. The predicted octanol–water partition coefficient (Wildman–Crippen LogP) is 5.41. The summed E-state index contributed by atoms with van der Waals surface area (Å²) in [5.74, 6) is 2.44. The number of hydrogen-bond donors (Lipinski definition) is 1. The molecule has 1 N–H and O–H groups in total. The van der Waals surface area contributed by atoms with Gasteiger partial charge in [0.05, 0.1) is 0 Å². The van der Waals surface area contributed by atoms with Crippen molar-refractivity contribution in [1.29, 1.82) is 0 Å². The minimum atomic E-state index is 0.541. The van der Waals surface area contributed by atoms with Crippen LogP contribution in [-0.2, 0) is 13.2 Å². The Morgan fingerprint density at radius 3 is 2.56 bits per heavy atom. The number of hydrogen-bond acceptors (Lipinski definition) is 4. The maximum Gasteiger partial charge on any atom is 0.163 e. The molecule has 1 heterocycles. The molecular weight excluding hydrogens is 406 g/mol. The molecule has 1 aliphatic rings. The zero-order valence-electron chi connectivity index (χ0n) is 14.8. The summed E-state index contributed by atoms with van der Waals surface area (Å²) in [4.78, 5) is 0. The van der Waals surface area contributed by atoms with Gasteiger partial charge in [-0.1, -0.05) is 46.3 Å². The van der Waals surface area contributed by atoms with Crippen LogP contribution in [0.1, 0.15) is 11.1 Å². The van der Waals surface area contributed by atoms with E-state index in [1.165, 1.54) is 0 Å². The standard InChI is InChI=1S/C22H20BrNO3/c23-18-6-8-20(27-15-16-4-2-1-3-5-16)17(12-18)14-24-19-7-9-21-22(13-19)26-11-10-25-21/h1-9,12-13,24H,10-11,14-15H2. The summed E-state index contributed by atoms with van der Waals surface area (Å²) in [5, 5.41) is 3.44. The van der Waals surface area contributed by atoms with Gasteiger partial charge in [0.2, 0.25) is 0 Å². The summed E-state index contributed by atoms with van der Waals surface area (Å²) < 4.78 is 18.3. The van der Waals surface area contributed by atoms with E-state index in [1.54, 1.807) is 0 Å². The Labute approximate surface area is 167 Å². The van der Waals surface area contributed by atoms with Crippen LogP contribution in [0.2, 0.25) is 0 Å². The number of nitrogens with one attached hydrogen (secondary N) is 1. The van der Waals surface area contributed by atoms with Crippen LogP contribution in [-0.4, -0.2) is 13.2 Å². The van der Waals surface area contributed by atoms with Gasteiger partial charge in [0.15, 0.2) is 11.5 Å². The maximum atomic E-state index is 6.05. The van der Waals surface area contributed by atoms with Gasteiger partial charge in [0.25, 0.3) is 0 Å². The third-order valence-corrected chi connectivity index (χ3v) is 4.78. The molecule has 3 aromatic rings. The molecule has 0 spiro atoms. The molecule has 0 bridgehead atoms. The summed E-state index contributed by atoms with van der Waals surface area (Å²) in [5.41, 5.74) is 3.20. The zero-order chi connectivity index (χ0) is 18.5. The third kappa shape index (κ3) is 4.55. The molecule has 0 saturated heterocycles. The van der Waals surface area contributed by atoms with Crippen molar-refractivity contribution in [1.82, 2.24) is 0 Å². The predicted molar refractivity (Wildman–Crippen MR) is 110 cm³/mol. The largest absolute Gasteiger partial charge is 0.489 e. The molecule has 1 aliphatic heterocycles. The molecular formula is C22H20BrNO3. The fourth-order valence-electron chi connectivity index (χ4n) is 2.91. The van der Waals surface area contributed by atoms with Crippen LogP contribution < -0.4 is 19.5 Å². The highest BCUT2D eigenvalue weighted by Gasteiger charge is 2.12. The van der Waals surface area contributed by atoms with Gasteiger partial charge in [-0.05, 0) is 35.9 Å². The Bertz CT molecular complexity index is 915. The number of benzene rings is 3. The maximum absolute atomic E-state index is 6.05. The molecule has 0 aliphatic carbocycles. The summed E-state index contributed by atoms with van der Waals surface area (Å²) in [7, 11) is 0. The lowest BCUT2D eigenvalue weighted by atomic mass is 10.2. The Kier molecular flexibility index (Phi) is 5.49. The van der Waals surface area contributed by atoms with E-state index in [0.717, 1.165) is 38.5 Å². The second kappa shape index (κ2) is 8.35. The van der Waals surface area contributed by atoms with Crippen LogP contribution in [0.3, 0.4) is 0 Å². The third-order valence-electron chi connectivity index (χ3n) is 4.28. The monoisotopic (exact) mass is 425 g/mol. The SMILES string of the molecule is Brc1ccc(OCc2ccccc2)c(CNc2ccc3c(c2)OCCO3)c1. The van der Waals surface area contributed by atoms with E-state index >= 15 is 0 Å². The van der Waals surface area contributed by atoms with Crippen molar-refractivity contribution in [2.24, 2.45) is 0 Å². The van der Waals surface area contributed by atoms with Crippen molar-refractivity contribution < 1.29 is 14.2 Å². The highest BCUT2D eigenvalue weighted by molar-refractivity contribution is 9.10. The molecule has 0 unspecified atom stereocenters. The van der Waals surface area contributed by atoms with Crippen LogP contribution >= 0.6 is 15.9 Å². The number of fused-ring (bicyclic) bond motifs is 1. The molecule has 4 nitrogen and oxygen atoms in total. The van der Waals surface area contributed by atoms with Gasteiger partial charge in [0.1, 0.15) is 25.6 Å². The zero-order valence-corrected chi connectivity index (χ0v) is 16.4. The molecule has 0 fully saturated rings. The van der Waals surface area contributed by atoms with Crippen molar-refractivity contribution in [2.45, 2.75) is 13.2 Å².